The molecule has 0 aliphatic carbocycles. The van der Waals surface area contributed by atoms with Gasteiger partial charge in [-0.1, -0.05) is 43.6 Å². The lowest BCUT2D eigenvalue weighted by Crippen LogP contribution is -2.27. The monoisotopic (exact) mass is 386 g/mol. The van der Waals surface area contributed by atoms with E-state index in [-0.39, 0.29) is 5.69 Å². The molecule has 4 rings (SSSR count). The highest BCUT2D eigenvalue weighted by molar-refractivity contribution is 7.18. The fourth-order valence-electron chi connectivity index (χ4n) is 3.05. The quantitative estimate of drug-likeness (QED) is 0.511. The molecule has 0 bridgehead atoms. The second kappa shape index (κ2) is 6.85. The smallest absolute Gasteiger partial charge is 0.278 e. The molecule has 0 radical (unpaired) electrons. The Morgan fingerprint density at radius 3 is 2.85 bits per heavy atom. The highest BCUT2D eigenvalue weighted by Gasteiger charge is 2.17. The van der Waals surface area contributed by atoms with E-state index in [2.05, 4.69) is 30.0 Å². The molecule has 0 spiro atoms. The minimum absolute atomic E-state index is 0.192. The number of rotatable bonds is 5. The van der Waals surface area contributed by atoms with Crippen molar-refractivity contribution in [2.45, 2.75) is 33.2 Å². The van der Waals surface area contributed by atoms with Gasteiger partial charge in [-0.3, -0.25) is 4.57 Å². The first-order chi connectivity index (χ1) is 12.5. The van der Waals surface area contributed by atoms with Gasteiger partial charge in [0, 0.05) is 9.90 Å². The van der Waals surface area contributed by atoms with Gasteiger partial charge in [-0.05, 0) is 36.5 Å². The van der Waals surface area contributed by atoms with Crippen molar-refractivity contribution in [1.29, 1.82) is 0 Å². The molecule has 134 valence electrons. The van der Waals surface area contributed by atoms with Crippen LogP contribution in [-0.4, -0.2) is 19.2 Å². The van der Waals surface area contributed by atoms with Gasteiger partial charge in [-0.15, -0.1) is 11.3 Å². The summed E-state index contributed by atoms with van der Waals surface area (Å²) in [5, 5.41) is 5.75. The molecule has 0 aliphatic rings. The normalized spacial score (nSPS) is 11.8. The van der Waals surface area contributed by atoms with Crippen molar-refractivity contribution in [3.8, 4) is 0 Å². The molecule has 5 nitrogen and oxygen atoms in total. The van der Waals surface area contributed by atoms with Crippen molar-refractivity contribution >= 4 is 38.8 Å². The molecule has 0 fully saturated rings. The predicted molar refractivity (Wildman–Crippen MR) is 106 cm³/mol. The molecule has 3 aromatic heterocycles. The van der Waals surface area contributed by atoms with Crippen LogP contribution in [0.25, 0.3) is 15.9 Å². The molecule has 0 atom stereocenters. The van der Waals surface area contributed by atoms with Crippen molar-refractivity contribution in [2.24, 2.45) is 5.92 Å². The maximum absolute atomic E-state index is 13.0. The van der Waals surface area contributed by atoms with Gasteiger partial charge in [0.2, 0.25) is 0 Å². The second-order valence-corrected chi connectivity index (χ2v) is 8.34. The molecule has 3 heterocycles. The van der Waals surface area contributed by atoms with Crippen LogP contribution in [0.4, 0.5) is 0 Å². The Hall–Kier alpha value is -2.18. The van der Waals surface area contributed by atoms with Gasteiger partial charge >= 0.3 is 5.69 Å². The van der Waals surface area contributed by atoms with Crippen molar-refractivity contribution in [2.75, 3.05) is 0 Å². The Kier molecular flexibility index (Phi) is 4.54. The van der Waals surface area contributed by atoms with E-state index in [0.29, 0.717) is 23.1 Å². The number of aromatic nitrogens is 4. The largest absolute Gasteiger partial charge is 0.352 e. The Morgan fingerprint density at radius 2 is 2.08 bits per heavy atom. The SMILES string of the molecule is CC(C)CCc1cc2c(s1)n(Cc1ccccc1Cl)c(=O)n1ncnc21. The molecule has 4 aromatic rings. The highest BCUT2D eigenvalue weighted by atomic mass is 35.5. The number of thiophene rings is 1. The summed E-state index contributed by atoms with van der Waals surface area (Å²) in [6.07, 6.45) is 3.55. The zero-order valence-corrected chi connectivity index (χ0v) is 16.2. The molecule has 7 heteroatoms. The van der Waals surface area contributed by atoms with Crippen LogP contribution in [0.5, 0.6) is 0 Å². The van der Waals surface area contributed by atoms with Crippen LogP contribution in [0.15, 0.2) is 41.5 Å². The molecule has 0 saturated heterocycles. The third-order valence-corrected chi connectivity index (χ3v) is 6.05. The zero-order chi connectivity index (χ0) is 18.3. The average Bonchev–Trinajstić information content (AvgIpc) is 3.25. The van der Waals surface area contributed by atoms with Crippen LogP contribution in [0, 0.1) is 5.92 Å². The van der Waals surface area contributed by atoms with E-state index in [1.165, 1.54) is 15.7 Å². The summed E-state index contributed by atoms with van der Waals surface area (Å²) >= 11 is 7.98. The predicted octanol–water partition coefficient (Wildman–Crippen LogP) is 4.40. The van der Waals surface area contributed by atoms with Crippen molar-refractivity contribution in [1.82, 2.24) is 19.2 Å². The van der Waals surface area contributed by atoms with Crippen LogP contribution < -0.4 is 5.69 Å². The molecule has 0 unspecified atom stereocenters. The van der Waals surface area contributed by atoms with E-state index in [1.54, 1.807) is 15.9 Å². The topological polar surface area (TPSA) is 52.2 Å². The number of fused-ring (bicyclic) bond motifs is 3. The Morgan fingerprint density at radius 1 is 1.27 bits per heavy atom. The van der Waals surface area contributed by atoms with Crippen LogP contribution in [0.1, 0.15) is 30.7 Å². The average molecular weight is 387 g/mol. The zero-order valence-electron chi connectivity index (χ0n) is 14.6. The lowest BCUT2D eigenvalue weighted by atomic mass is 10.1. The molecule has 1 aromatic carbocycles. The molecule has 0 saturated carbocycles. The van der Waals surface area contributed by atoms with Crippen LogP contribution in [-0.2, 0) is 13.0 Å². The molecule has 0 amide bonds. The van der Waals surface area contributed by atoms with Crippen molar-refractivity contribution in [3.63, 3.8) is 0 Å². The van der Waals surface area contributed by atoms with Gasteiger partial charge in [0.25, 0.3) is 0 Å². The molecule has 26 heavy (non-hydrogen) atoms. The van der Waals surface area contributed by atoms with E-state index in [9.17, 15) is 4.79 Å². The number of hydrogen-bond donors (Lipinski definition) is 0. The number of benzene rings is 1. The number of aryl methyl sites for hydroxylation is 1. The third kappa shape index (κ3) is 3.04. The minimum atomic E-state index is -0.192. The third-order valence-electron chi connectivity index (χ3n) is 4.46. The lowest BCUT2D eigenvalue weighted by molar-refractivity contribution is 0.590. The molecule has 0 aliphatic heterocycles. The Bertz CT molecular complexity index is 1140. The molecule has 0 N–H and O–H groups in total. The van der Waals surface area contributed by atoms with E-state index in [0.717, 1.165) is 28.6 Å². The van der Waals surface area contributed by atoms with Crippen molar-refractivity contribution in [3.05, 3.63) is 62.6 Å². The summed E-state index contributed by atoms with van der Waals surface area (Å²) in [7, 11) is 0. The van der Waals surface area contributed by atoms with Gasteiger partial charge in [-0.2, -0.15) is 9.61 Å². The molecular formula is C19H19ClN4OS. The van der Waals surface area contributed by atoms with E-state index in [1.807, 2.05) is 24.3 Å². The van der Waals surface area contributed by atoms with E-state index < -0.39 is 0 Å². The number of hydrogen-bond acceptors (Lipinski definition) is 4. The lowest BCUT2D eigenvalue weighted by Gasteiger charge is -2.09. The van der Waals surface area contributed by atoms with E-state index in [4.69, 9.17) is 11.6 Å². The summed E-state index contributed by atoms with van der Waals surface area (Å²) in [4.78, 5) is 19.5. The van der Waals surface area contributed by atoms with Gasteiger partial charge in [0.1, 0.15) is 11.2 Å². The maximum atomic E-state index is 13.0. The van der Waals surface area contributed by atoms with Crippen LogP contribution in [0.3, 0.4) is 0 Å². The summed E-state index contributed by atoms with van der Waals surface area (Å²) in [5.74, 6) is 0.638. The van der Waals surface area contributed by atoms with Gasteiger partial charge < -0.3 is 0 Å². The Labute approximate surface area is 159 Å². The summed E-state index contributed by atoms with van der Waals surface area (Å²) < 4.78 is 3.12. The maximum Gasteiger partial charge on any atom is 0.352 e. The first kappa shape index (κ1) is 17.2. The summed E-state index contributed by atoms with van der Waals surface area (Å²) in [6, 6.07) is 9.75. The summed E-state index contributed by atoms with van der Waals surface area (Å²) in [5.41, 5.74) is 1.34. The highest BCUT2D eigenvalue weighted by Crippen LogP contribution is 2.29. The standard InChI is InChI=1S/C19H19ClN4OS/c1-12(2)7-8-14-9-15-17-21-11-22-24(17)19(25)23(18(15)26-14)10-13-5-3-4-6-16(13)20/h3-6,9,11-12H,7-8,10H2,1-2H3. The van der Waals surface area contributed by atoms with Gasteiger partial charge in [0.15, 0.2) is 5.65 Å². The van der Waals surface area contributed by atoms with Gasteiger partial charge in [-0.25, -0.2) is 9.78 Å². The van der Waals surface area contributed by atoms with Crippen molar-refractivity contribution < 1.29 is 0 Å². The fourth-order valence-corrected chi connectivity index (χ4v) is 4.40. The Balaban J connectivity index is 1.90. The minimum Gasteiger partial charge on any atom is -0.278 e. The van der Waals surface area contributed by atoms with Crippen LogP contribution in [0.2, 0.25) is 5.02 Å². The first-order valence-corrected chi connectivity index (χ1v) is 9.82. The molecular weight excluding hydrogens is 368 g/mol. The first-order valence-electron chi connectivity index (χ1n) is 8.63. The van der Waals surface area contributed by atoms with Gasteiger partial charge in [0.05, 0.1) is 11.9 Å². The fraction of sp³-hybridized carbons (Fsp3) is 0.316. The van der Waals surface area contributed by atoms with Crippen LogP contribution >= 0.6 is 22.9 Å². The second-order valence-electron chi connectivity index (χ2n) is 6.82. The number of nitrogens with zero attached hydrogens (tertiary/aromatic N) is 4. The summed E-state index contributed by atoms with van der Waals surface area (Å²) in [6.45, 7) is 4.85. The number of halogens is 1. The van der Waals surface area contributed by atoms with E-state index >= 15 is 0 Å².